The number of nitrogens with one attached hydrogen (secondary N) is 2. The monoisotopic (exact) mass is 420 g/mol. The predicted molar refractivity (Wildman–Crippen MR) is 105 cm³/mol. The van der Waals surface area contributed by atoms with Gasteiger partial charge in [-0.05, 0) is 42.8 Å². The third-order valence-electron chi connectivity index (χ3n) is 5.19. The van der Waals surface area contributed by atoms with Crippen molar-refractivity contribution in [1.29, 1.82) is 0 Å². The highest BCUT2D eigenvalue weighted by atomic mass is 19.4. The number of hydrogen-bond donors (Lipinski definition) is 3. The van der Waals surface area contributed by atoms with Crippen LogP contribution in [0.5, 0.6) is 0 Å². The molecular formula is C21H20F4N4O. The molecule has 0 aliphatic carbocycles. The maximum absolute atomic E-state index is 13.8. The Morgan fingerprint density at radius 2 is 2.10 bits per heavy atom. The van der Waals surface area contributed by atoms with Gasteiger partial charge in [0.1, 0.15) is 11.7 Å². The van der Waals surface area contributed by atoms with E-state index < -0.39 is 35.8 Å². The van der Waals surface area contributed by atoms with Crippen LogP contribution < -0.4 is 16.4 Å². The summed E-state index contributed by atoms with van der Waals surface area (Å²) in [4.78, 5) is 16.4. The number of carbonyl (C=O) groups is 1. The zero-order valence-electron chi connectivity index (χ0n) is 16.1. The summed E-state index contributed by atoms with van der Waals surface area (Å²) in [7, 11) is 0. The first-order chi connectivity index (χ1) is 14.1. The van der Waals surface area contributed by atoms with Crippen molar-refractivity contribution >= 4 is 11.6 Å². The summed E-state index contributed by atoms with van der Waals surface area (Å²) in [6, 6.07) is 6.49. The number of anilines is 1. The molecule has 30 heavy (non-hydrogen) atoms. The lowest BCUT2D eigenvalue weighted by molar-refractivity contribution is -0.149. The van der Waals surface area contributed by atoms with Crippen LogP contribution in [-0.2, 0) is 10.2 Å². The highest BCUT2D eigenvalue weighted by Gasteiger charge is 2.46. The van der Waals surface area contributed by atoms with E-state index >= 15 is 0 Å². The molecular weight excluding hydrogens is 400 g/mol. The molecule has 1 amide bonds. The number of nitrogens with two attached hydrogens (primary N) is 1. The molecule has 1 aromatic heterocycles. The number of hydrogen-bond acceptors (Lipinski definition) is 4. The Bertz CT molecular complexity index is 1010. The maximum atomic E-state index is 13.8. The van der Waals surface area contributed by atoms with Crippen molar-refractivity contribution in [2.24, 2.45) is 5.73 Å². The standard InChI is InChI=1S/C21H20F4N4O/c1-3-8-27-10-15(21(23,24)25)16-9-14-18(28-11-20(14,2)19(26)30)17(29-16)12-4-6-13(22)7-5-12/h4-9,15,27-28H,1,10-11H2,2H3,(H2,26,30). The average Bonchev–Trinajstić information content (AvgIpc) is 3.03. The van der Waals surface area contributed by atoms with E-state index in [1.54, 1.807) is 6.92 Å². The highest BCUT2D eigenvalue weighted by molar-refractivity contribution is 5.94. The van der Waals surface area contributed by atoms with Gasteiger partial charge in [-0.15, -0.1) is 5.73 Å². The predicted octanol–water partition coefficient (Wildman–Crippen LogP) is 3.59. The molecule has 0 fully saturated rings. The number of primary amides is 1. The van der Waals surface area contributed by atoms with E-state index in [1.807, 2.05) is 0 Å². The SMILES string of the molecule is C=C=CNCC(c1cc2c(c(-c3ccc(F)cc3)n1)NCC2(C)C(N)=O)C(F)(F)F. The van der Waals surface area contributed by atoms with Gasteiger partial charge in [0.05, 0.1) is 22.5 Å². The molecule has 0 saturated heterocycles. The van der Waals surface area contributed by atoms with E-state index in [0.29, 0.717) is 16.8 Å². The number of rotatable bonds is 6. The van der Waals surface area contributed by atoms with Crippen molar-refractivity contribution in [3.63, 3.8) is 0 Å². The zero-order valence-corrected chi connectivity index (χ0v) is 16.1. The van der Waals surface area contributed by atoms with Gasteiger partial charge in [0.25, 0.3) is 0 Å². The van der Waals surface area contributed by atoms with Gasteiger partial charge in [-0.2, -0.15) is 13.2 Å². The van der Waals surface area contributed by atoms with Crippen molar-refractivity contribution in [1.82, 2.24) is 10.3 Å². The number of carbonyl (C=O) groups excluding carboxylic acids is 1. The number of halogens is 4. The summed E-state index contributed by atoms with van der Waals surface area (Å²) in [5.74, 6) is -3.13. The van der Waals surface area contributed by atoms with Gasteiger partial charge < -0.3 is 16.4 Å². The lowest BCUT2D eigenvalue weighted by Crippen LogP contribution is -2.40. The molecule has 3 rings (SSSR count). The molecule has 0 radical (unpaired) electrons. The molecule has 2 aromatic rings. The minimum Gasteiger partial charge on any atom is -0.384 e. The Hall–Kier alpha value is -3.32. The fraction of sp³-hybridized carbons (Fsp3) is 0.286. The van der Waals surface area contributed by atoms with Gasteiger partial charge in [-0.1, -0.05) is 6.58 Å². The summed E-state index contributed by atoms with van der Waals surface area (Å²) < 4.78 is 54.9. The third kappa shape index (κ3) is 3.89. The number of alkyl halides is 3. The molecule has 0 saturated carbocycles. The van der Waals surface area contributed by atoms with Gasteiger partial charge in [-0.25, -0.2) is 9.37 Å². The summed E-state index contributed by atoms with van der Waals surface area (Å²) >= 11 is 0. The Morgan fingerprint density at radius 3 is 2.67 bits per heavy atom. The van der Waals surface area contributed by atoms with Crippen LogP contribution in [0.15, 0.2) is 48.8 Å². The minimum atomic E-state index is -4.61. The van der Waals surface area contributed by atoms with Crippen LogP contribution >= 0.6 is 0 Å². The Balaban J connectivity index is 2.23. The number of aromatic nitrogens is 1. The Labute approximate surface area is 170 Å². The zero-order chi connectivity index (χ0) is 22.1. The Kier molecular flexibility index (Phi) is 5.59. The number of nitrogens with zero attached hydrogens (tertiary/aromatic N) is 1. The molecule has 4 N–H and O–H groups in total. The first kappa shape index (κ1) is 21.4. The van der Waals surface area contributed by atoms with Crippen LogP contribution in [0.2, 0.25) is 0 Å². The van der Waals surface area contributed by atoms with E-state index in [1.165, 1.54) is 36.5 Å². The second-order valence-electron chi connectivity index (χ2n) is 7.23. The summed E-state index contributed by atoms with van der Waals surface area (Å²) in [6.45, 7) is 4.49. The highest BCUT2D eigenvalue weighted by Crippen LogP contribution is 2.44. The fourth-order valence-corrected chi connectivity index (χ4v) is 3.39. The van der Waals surface area contributed by atoms with Gasteiger partial charge in [0, 0.05) is 24.9 Å². The van der Waals surface area contributed by atoms with Crippen molar-refractivity contribution in [3.05, 3.63) is 65.9 Å². The smallest absolute Gasteiger partial charge is 0.384 e. The first-order valence-corrected chi connectivity index (χ1v) is 9.07. The molecule has 2 atom stereocenters. The van der Waals surface area contributed by atoms with Crippen molar-refractivity contribution in [2.45, 2.75) is 24.4 Å². The van der Waals surface area contributed by atoms with E-state index in [4.69, 9.17) is 5.73 Å². The number of benzene rings is 1. The molecule has 0 bridgehead atoms. The van der Waals surface area contributed by atoms with E-state index in [0.717, 1.165) is 0 Å². The molecule has 1 aromatic carbocycles. The molecule has 2 heterocycles. The van der Waals surface area contributed by atoms with Crippen molar-refractivity contribution in [2.75, 3.05) is 18.4 Å². The van der Waals surface area contributed by atoms with Crippen LogP contribution in [-0.4, -0.2) is 30.2 Å². The van der Waals surface area contributed by atoms with E-state index in [-0.39, 0.29) is 17.9 Å². The van der Waals surface area contributed by atoms with Crippen LogP contribution in [0.25, 0.3) is 11.3 Å². The third-order valence-corrected chi connectivity index (χ3v) is 5.19. The summed E-state index contributed by atoms with van der Waals surface area (Å²) in [5, 5.41) is 5.54. The number of fused-ring (bicyclic) bond motifs is 1. The molecule has 2 unspecified atom stereocenters. The van der Waals surface area contributed by atoms with Crippen LogP contribution in [0.4, 0.5) is 23.2 Å². The van der Waals surface area contributed by atoms with Gasteiger partial charge in [0.15, 0.2) is 0 Å². The minimum absolute atomic E-state index is 0.116. The molecule has 5 nitrogen and oxygen atoms in total. The van der Waals surface area contributed by atoms with Crippen LogP contribution in [0, 0.1) is 5.82 Å². The maximum Gasteiger partial charge on any atom is 0.398 e. The average molecular weight is 420 g/mol. The quantitative estimate of drug-likeness (QED) is 0.493. The van der Waals surface area contributed by atoms with E-state index in [2.05, 4.69) is 27.9 Å². The van der Waals surface area contributed by atoms with Crippen LogP contribution in [0.1, 0.15) is 24.1 Å². The van der Waals surface area contributed by atoms with Gasteiger partial charge >= 0.3 is 6.18 Å². The second-order valence-corrected chi connectivity index (χ2v) is 7.23. The topological polar surface area (TPSA) is 80.0 Å². The first-order valence-electron chi connectivity index (χ1n) is 9.07. The summed E-state index contributed by atoms with van der Waals surface area (Å²) in [5.41, 5.74) is 7.77. The Morgan fingerprint density at radius 1 is 1.43 bits per heavy atom. The van der Waals surface area contributed by atoms with Crippen LogP contribution in [0.3, 0.4) is 0 Å². The fourth-order valence-electron chi connectivity index (χ4n) is 3.39. The summed E-state index contributed by atoms with van der Waals surface area (Å²) in [6.07, 6.45) is -3.43. The largest absolute Gasteiger partial charge is 0.398 e. The normalized spacial score (nSPS) is 18.7. The molecule has 9 heteroatoms. The molecule has 1 aliphatic rings. The second kappa shape index (κ2) is 7.84. The lowest BCUT2D eigenvalue weighted by atomic mass is 9.82. The molecule has 158 valence electrons. The number of amides is 1. The lowest BCUT2D eigenvalue weighted by Gasteiger charge is -2.24. The van der Waals surface area contributed by atoms with E-state index in [9.17, 15) is 22.4 Å². The number of pyridine rings is 1. The van der Waals surface area contributed by atoms with Crippen molar-refractivity contribution in [3.8, 4) is 11.3 Å². The molecule has 0 spiro atoms. The van der Waals surface area contributed by atoms with Gasteiger partial charge in [-0.3, -0.25) is 4.79 Å². The van der Waals surface area contributed by atoms with Crippen molar-refractivity contribution < 1.29 is 22.4 Å². The van der Waals surface area contributed by atoms with Gasteiger partial charge in [0.2, 0.25) is 5.91 Å². The molecule has 1 aliphatic heterocycles.